The number of hydrogen-bond acceptors (Lipinski definition) is 2. The Morgan fingerprint density at radius 2 is 1.74 bits per heavy atom. The molecule has 3 aromatic carbocycles. The maximum absolute atomic E-state index is 13.0. The summed E-state index contributed by atoms with van der Waals surface area (Å²) in [6.45, 7) is 11.3. The van der Waals surface area contributed by atoms with Crippen molar-refractivity contribution < 1.29 is 4.79 Å². The van der Waals surface area contributed by atoms with Crippen molar-refractivity contribution in [3.8, 4) is 0 Å². The highest BCUT2D eigenvalue weighted by atomic mass is 16.2. The summed E-state index contributed by atoms with van der Waals surface area (Å²) in [6.07, 6.45) is 1.94. The first kappa shape index (κ1) is 21.6. The van der Waals surface area contributed by atoms with Gasteiger partial charge >= 0.3 is 0 Å². The number of amides is 1. The molecule has 3 nitrogen and oxygen atoms in total. The van der Waals surface area contributed by atoms with Crippen molar-refractivity contribution in [2.45, 2.75) is 46.6 Å². The van der Waals surface area contributed by atoms with Crippen LogP contribution >= 0.6 is 0 Å². The second-order valence-electron chi connectivity index (χ2n) is 9.16. The molecule has 3 heteroatoms. The monoisotopic (exact) mass is 414 g/mol. The van der Waals surface area contributed by atoms with Crippen LogP contribution in [0.3, 0.4) is 0 Å². The molecule has 1 unspecified atom stereocenters. The Hall–Kier alpha value is -2.65. The van der Waals surface area contributed by atoms with E-state index >= 15 is 0 Å². The summed E-state index contributed by atoms with van der Waals surface area (Å²) in [7, 11) is 2.20. The average molecular weight is 415 g/mol. The first-order valence-electron chi connectivity index (χ1n) is 11.4. The summed E-state index contributed by atoms with van der Waals surface area (Å²) in [5.41, 5.74) is 7.34. The number of carbonyl (C=O) groups excluding carboxylic acids is 1. The molecule has 0 fully saturated rings. The summed E-state index contributed by atoms with van der Waals surface area (Å²) < 4.78 is 0. The van der Waals surface area contributed by atoms with E-state index in [4.69, 9.17) is 0 Å². The zero-order valence-corrected chi connectivity index (χ0v) is 19.5. The standard InChI is InChI=1S/C28H34N2O/c1-19-11-12-23-9-6-7-10-25(23)27(19)22(4)29(5)14-8-15-30-16-13-24-17-20(2)21(3)18-26(24)28(30)31/h6-7,9-12,17-18,22H,8,13-16H2,1-5H3. The van der Waals surface area contributed by atoms with Gasteiger partial charge in [-0.15, -0.1) is 0 Å². The van der Waals surface area contributed by atoms with Gasteiger partial charge in [-0.1, -0.05) is 42.5 Å². The van der Waals surface area contributed by atoms with Gasteiger partial charge in [0.25, 0.3) is 5.91 Å². The lowest BCUT2D eigenvalue weighted by atomic mass is 9.93. The van der Waals surface area contributed by atoms with Gasteiger partial charge in [0.05, 0.1) is 0 Å². The van der Waals surface area contributed by atoms with E-state index in [1.165, 1.54) is 38.6 Å². The number of rotatable bonds is 6. The van der Waals surface area contributed by atoms with Crippen LogP contribution in [0.15, 0.2) is 48.5 Å². The number of hydrogen-bond donors (Lipinski definition) is 0. The molecule has 0 aromatic heterocycles. The molecule has 1 atom stereocenters. The minimum atomic E-state index is 0.199. The van der Waals surface area contributed by atoms with E-state index < -0.39 is 0 Å². The second kappa shape index (κ2) is 8.84. The molecule has 0 aliphatic carbocycles. The normalized spacial score (nSPS) is 14.9. The van der Waals surface area contributed by atoms with Gasteiger partial charge in [0, 0.05) is 31.2 Å². The summed E-state index contributed by atoms with van der Waals surface area (Å²) in [5, 5.41) is 2.64. The highest BCUT2D eigenvalue weighted by Gasteiger charge is 2.25. The van der Waals surface area contributed by atoms with Crippen LogP contribution in [0, 0.1) is 20.8 Å². The molecule has 1 aliphatic rings. The van der Waals surface area contributed by atoms with Crippen LogP contribution in [0.1, 0.15) is 57.6 Å². The van der Waals surface area contributed by atoms with E-state index in [0.717, 1.165) is 38.0 Å². The summed E-state index contributed by atoms with van der Waals surface area (Å²) >= 11 is 0. The zero-order valence-electron chi connectivity index (χ0n) is 19.5. The van der Waals surface area contributed by atoms with Crippen molar-refractivity contribution >= 4 is 16.7 Å². The van der Waals surface area contributed by atoms with Gasteiger partial charge in [0.15, 0.2) is 0 Å². The largest absolute Gasteiger partial charge is 0.338 e. The maximum Gasteiger partial charge on any atom is 0.254 e. The number of aryl methyl sites for hydroxylation is 3. The van der Waals surface area contributed by atoms with Gasteiger partial charge in [-0.3, -0.25) is 9.69 Å². The smallest absolute Gasteiger partial charge is 0.254 e. The quantitative estimate of drug-likeness (QED) is 0.505. The minimum absolute atomic E-state index is 0.199. The van der Waals surface area contributed by atoms with E-state index in [0.29, 0.717) is 6.04 Å². The molecule has 1 amide bonds. The number of nitrogens with zero attached hydrogens (tertiary/aromatic N) is 2. The summed E-state index contributed by atoms with van der Waals surface area (Å²) in [4.78, 5) is 17.5. The molecule has 31 heavy (non-hydrogen) atoms. The fourth-order valence-electron chi connectivity index (χ4n) is 4.91. The Balaban J connectivity index is 1.41. The Morgan fingerprint density at radius 1 is 1.00 bits per heavy atom. The third kappa shape index (κ3) is 4.24. The first-order valence-corrected chi connectivity index (χ1v) is 11.4. The fraction of sp³-hybridized carbons (Fsp3) is 0.393. The third-order valence-electron chi connectivity index (χ3n) is 7.09. The van der Waals surface area contributed by atoms with Crippen molar-refractivity contribution in [3.63, 3.8) is 0 Å². The van der Waals surface area contributed by atoms with E-state index in [9.17, 15) is 4.79 Å². The van der Waals surface area contributed by atoms with Gasteiger partial charge in [0.1, 0.15) is 0 Å². The van der Waals surface area contributed by atoms with Crippen LogP contribution in [0.2, 0.25) is 0 Å². The predicted octanol–water partition coefficient (Wildman–Crippen LogP) is 5.85. The number of benzene rings is 3. The lowest BCUT2D eigenvalue weighted by molar-refractivity contribution is 0.0731. The summed E-state index contributed by atoms with van der Waals surface area (Å²) in [5.74, 6) is 0.199. The first-order chi connectivity index (χ1) is 14.9. The predicted molar refractivity (Wildman–Crippen MR) is 130 cm³/mol. The average Bonchev–Trinajstić information content (AvgIpc) is 2.76. The van der Waals surface area contributed by atoms with E-state index in [2.05, 4.69) is 88.2 Å². The maximum atomic E-state index is 13.0. The lowest BCUT2D eigenvalue weighted by Crippen LogP contribution is -2.39. The molecular formula is C28H34N2O. The van der Waals surface area contributed by atoms with Gasteiger partial charge < -0.3 is 4.90 Å². The van der Waals surface area contributed by atoms with Crippen molar-refractivity contribution in [1.29, 1.82) is 0 Å². The Morgan fingerprint density at radius 3 is 2.55 bits per heavy atom. The lowest BCUT2D eigenvalue weighted by Gasteiger charge is -2.31. The molecule has 0 spiro atoms. The second-order valence-corrected chi connectivity index (χ2v) is 9.16. The van der Waals surface area contributed by atoms with Crippen molar-refractivity contribution in [3.05, 3.63) is 81.9 Å². The Bertz CT molecular complexity index is 1120. The molecule has 0 radical (unpaired) electrons. The number of fused-ring (bicyclic) bond motifs is 2. The van der Waals surface area contributed by atoms with Crippen molar-refractivity contribution in [2.24, 2.45) is 0 Å². The van der Waals surface area contributed by atoms with Crippen LogP contribution in [-0.2, 0) is 6.42 Å². The zero-order chi connectivity index (χ0) is 22.1. The molecule has 0 N–H and O–H groups in total. The Kier molecular flexibility index (Phi) is 6.15. The topological polar surface area (TPSA) is 23.6 Å². The van der Waals surface area contributed by atoms with E-state index in [-0.39, 0.29) is 5.91 Å². The molecule has 1 heterocycles. The van der Waals surface area contributed by atoms with Crippen LogP contribution in [-0.4, -0.2) is 42.4 Å². The van der Waals surface area contributed by atoms with Gasteiger partial charge in [-0.05, 0) is 92.2 Å². The molecule has 4 rings (SSSR count). The SMILES string of the molecule is Cc1cc2c(cc1C)C(=O)N(CCCN(C)C(C)c1c(C)ccc3ccccc13)CC2. The highest BCUT2D eigenvalue weighted by molar-refractivity contribution is 5.97. The fourth-order valence-corrected chi connectivity index (χ4v) is 4.91. The van der Waals surface area contributed by atoms with Gasteiger partial charge in [-0.2, -0.15) is 0 Å². The van der Waals surface area contributed by atoms with Gasteiger partial charge in [0.2, 0.25) is 0 Å². The molecule has 0 saturated heterocycles. The van der Waals surface area contributed by atoms with E-state index in [1.54, 1.807) is 0 Å². The third-order valence-corrected chi connectivity index (χ3v) is 7.09. The van der Waals surface area contributed by atoms with Gasteiger partial charge in [-0.25, -0.2) is 0 Å². The van der Waals surface area contributed by atoms with Crippen LogP contribution in [0.25, 0.3) is 10.8 Å². The van der Waals surface area contributed by atoms with E-state index in [1.807, 2.05) is 4.90 Å². The molecular weight excluding hydrogens is 380 g/mol. The molecule has 162 valence electrons. The molecule has 1 aliphatic heterocycles. The highest BCUT2D eigenvalue weighted by Crippen LogP contribution is 2.30. The van der Waals surface area contributed by atoms with Crippen LogP contribution < -0.4 is 0 Å². The van der Waals surface area contributed by atoms with Crippen LogP contribution in [0.5, 0.6) is 0 Å². The van der Waals surface area contributed by atoms with Crippen molar-refractivity contribution in [1.82, 2.24) is 9.80 Å². The summed E-state index contributed by atoms with van der Waals surface area (Å²) in [6, 6.07) is 17.7. The van der Waals surface area contributed by atoms with Crippen LogP contribution in [0.4, 0.5) is 0 Å². The molecule has 0 saturated carbocycles. The minimum Gasteiger partial charge on any atom is -0.338 e. The van der Waals surface area contributed by atoms with Crippen molar-refractivity contribution in [2.75, 3.05) is 26.7 Å². The number of carbonyl (C=O) groups is 1. The Labute approximate surface area is 186 Å². The molecule has 3 aromatic rings. The molecule has 0 bridgehead atoms.